The van der Waals surface area contributed by atoms with Gasteiger partial charge >= 0.3 is 12.3 Å². The first-order chi connectivity index (χ1) is 22.0. The maximum Gasteiger partial charge on any atom is 0.416 e. The lowest BCUT2D eigenvalue weighted by Gasteiger charge is -2.39. The molecular weight excluding hydrogens is 639 g/mol. The normalized spacial score (nSPS) is 20.1. The SMILES string of the molecule is Cc1cc(C(F)(F)F)cc(N2C(=O)C[C@@H]3CN(Cc4cn5c(n4)CN(C(=O)OC(C)(C)C)CC5)c4c(Cl)cccc4N(C)C(=O)[C@H]32)n1. The third-order valence-electron chi connectivity index (χ3n) is 8.48. The Kier molecular flexibility index (Phi) is 8.13. The molecule has 5 heterocycles. The topological polar surface area (TPSA) is 104 Å². The maximum atomic E-state index is 14.1. The number of imidazole rings is 1. The van der Waals surface area contributed by atoms with Gasteiger partial charge in [0.25, 0.3) is 0 Å². The molecule has 47 heavy (non-hydrogen) atoms. The van der Waals surface area contributed by atoms with E-state index in [1.165, 1.54) is 11.8 Å². The van der Waals surface area contributed by atoms with E-state index in [-0.39, 0.29) is 37.6 Å². The lowest BCUT2D eigenvalue weighted by atomic mass is 9.95. The molecule has 3 amide bonds. The van der Waals surface area contributed by atoms with Gasteiger partial charge in [-0.2, -0.15) is 13.2 Å². The molecule has 0 spiro atoms. The number of likely N-dealkylation sites (N-methyl/N-ethyl adjacent to an activating group) is 1. The number of alkyl halides is 3. The van der Waals surface area contributed by atoms with Crippen molar-refractivity contribution >= 4 is 46.7 Å². The van der Waals surface area contributed by atoms with E-state index < -0.39 is 47.2 Å². The molecule has 0 N–H and O–H groups in total. The zero-order chi connectivity index (χ0) is 34.0. The van der Waals surface area contributed by atoms with Gasteiger partial charge in [0, 0.05) is 50.9 Å². The number of para-hydroxylation sites is 1. The first kappa shape index (κ1) is 32.6. The highest BCUT2D eigenvalue weighted by atomic mass is 35.5. The van der Waals surface area contributed by atoms with Crippen molar-refractivity contribution in [3.8, 4) is 0 Å². The summed E-state index contributed by atoms with van der Waals surface area (Å²) in [5.41, 5.74) is 0.227. The molecule has 11 nitrogen and oxygen atoms in total. The predicted molar refractivity (Wildman–Crippen MR) is 168 cm³/mol. The number of hydrogen-bond acceptors (Lipinski definition) is 7. The van der Waals surface area contributed by atoms with E-state index in [1.807, 2.05) is 36.4 Å². The molecule has 0 radical (unpaired) electrons. The van der Waals surface area contributed by atoms with Crippen molar-refractivity contribution in [1.82, 2.24) is 19.4 Å². The van der Waals surface area contributed by atoms with E-state index in [2.05, 4.69) is 4.98 Å². The van der Waals surface area contributed by atoms with Crippen LogP contribution in [0.15, 0.2) is 36.5 Å². The molecule has 0 saturated carbocycles. The molecule has 1 fully saturated rings. The fraction of sp³-hybridized carbons (Fsp3) is 0.469. The first-order valence-electron chi connectivity index (χ1n) is 15.2. The molecule has 6 rings (SSSR count). The van der Waals surface area contributed by atoms with Crippen LogP contribution in [0.25, 0.3) is 0 Å². The number of anilines is 3. The molecule has 3 aliphatic rings. The standard InChI is InChI=1S/C32H35ClF3N7O4/c1-18-11-20(32(34,35)36)13-24(37-18)43-26(44)12-19-14-42(28-22(33)7-6-8-23(28)39(5)29(45)27(19)43)16-21-15-40-9-10-41(17-25(40)38-21)30(46)47-31(2,3)4/h6-8,11,13,15,19,27H,9-10,12,14,16-17H2,1-5H3/t19-,27+/m1/s1. The van der Waals surface area contributed by atoms with Crippen LogP contribution >= 0.6 is 11.6 Å². The number of halogens is 4. The summed E-state index contributed by atoms with van der Waals surface area (Å²) in [4.78, 5) is 55.5. The Labute approximate surface area is 274 Å². The molecule has 1 saturated heterocycles. The van der Waals surface area contributed by atoms with Gasteiger partial charge in [0.15, 0.2) is 0 Å². The summed E-state index contributed by atoms with van der Waals surface area (Å²) in [5.74, 6) is -1.09. The zero-order valence-corrected chi connectivity index (χ0v) is 27.4. The molecule has 0 aliphatic carbocycles. The Morgan fingerprint density at radius 3 is 2.55 bits per heavy atom. The highest BCUT2D eigenvalue weighted by molar-refractivity contribution is 6.34. The van der Waals surface area contributed by atoms with Gasteiger partial charge in [-0.05, 0) is 52.0 Å². The van der Waals surface area contributed by atoms with Crippen LogP contribution in [0, 0.1) is 12.8 Å². The second-order valence-corrected chi connectivity index (χ2v) is 13.6. The third-order valence-corrected chi connectivity index (χ3v) is 8.79. The number of aryl methyl sites for hydroxylation is 1. The second kappa shape index (κ2) is 11.7. The van der Waals surface area contributed by atoms with Gasteiger partial charge in [0.1, 0.15) is 23.3 Å². The van der Waals surface area contributed by atoms with Gasteiger partial charge in [-0.15, -0.1) is 0 Å². The fourth-order valence-electron chi connectivity index (χ4n) is 6.47. The highest BCUT2D eigenvalue weighted by Crippen LogP contribution is 2.43. The summed E-state index contributed by atoms with van der Waals surface area (Å²) in [7, 11) is 1.56. The lowest BCUT2D eigenvalue weighted by molar-refractivity contribution is -0.137. The van der Waals surface area contributed by atoms with Crippen molar-refractivity contribution in [3.63, 3.8) is 0 Å². The summed E-state index contributed by atoms with van der Waals surface area (Å²) in [5, 5.41) is 0.386. The van der Waals surface area contributed by atoms with Crippen molar-refractivity contribution in [2.75, 3.05) is 34.8 Å². The predicted octanol–water partition coefficient (Wildman–Crippen LogP) is 5.41. The number of ether oxygens (including phenoxy) is 1. The number of pyridine rings is 1. The van der Waals surface area contributed by atoms with E-state index >= 15 is 0 Å². The van der Waals surface area contributed by atoms with Crippen molar-refractivity contribution in [1.29, 1.82) is 0 Å². The van der Waals surface area contributed by atoms with Gasteiger partial charge in [-0.3, -0.25) is 19.4 Å². The van der Waals surface area contributed by atoms with Crippen molar-refractivity contribution in [3.05, 3.63) is 64.3 Å². The highest BCUT2D eigenvalue weighted by Gasteiger charge is 2.49. The second-order valence-electron chi connectivity index (χ2n) is 13.2. The zero-order valence-electron chi connectivity index (χ0n) is 26.6. The minimum atomic E-state index is -4.66. The molecule has 15 heteroatoms. The van der Waals surface area contributed by atoms with E-state index in [9.17, 15) is 27.6 Å². The van der Waals surface area contributed by atoms with Crippen LogP contribution in [0.3, 0.4) is 0 Å². The summed E-state index contributed by atoms with van der Waals surface area (Å²) in [6, 6.07) is 5.77. The summed E-state index contributed by atoms with van der Waals surface area (Å²) >= 11 is 6.77. The molecule has 0 unspecified atom stereocenters. The minimum absolute atomic E-state index is 0.0745. The summed E-state index contributed by atoms with van der Waals surface area (Å²) < 4.78 is 48.7. The van der Waals surface area contributed by atoms with Crippen molar-refractivity contribution in [2.45, 2.75) is 71.6 Å². The molecule has 2 atom stereocenters. The fourth-order valence-corrected chi connectivity index (χ4v) is 6.76. The van der Waals surface area contributed by atoms with Gasteiger partial charge in [0.05, 0.1) is 40.7 Å². The average Bonchev–Trinajstić information content (AvgIpc) is 3.52. The van der Waals surface area contributed by atoms with Crippen LogP contribution in [-0.4, -0.2) is 69.1 Å². The number of carbonyl (C=O) groups is 3. The quantitative estimate of drug-likeness (QED) is 0.366. The van der Waals surface area contributed by atoms with E-state index in [0.717, 1.165) is 17.0 Å². The Hall–Kier alpha value is -4.33. The van der Waals surface area contributed by atoms with Crippen LogP contribution in [0.5, 0.6) is 0 Å². The van der Waals surface area contributed by atoms with Crippen LogP contribution < -0.4 is 14.7 Å². The van der Waals surface area contributed by atoms with Crippen LogP contribution in [0.1, 0.15) is 50.0 Å². The molecule has 1 aromatic carbocycles. The maximum absolute atomic E-state index is 14.1. The Balaban J connectivity index is 1.34. The lowest BCUT2D eigenvalue weighted by Crippen LogP contribution is -2.52. The molecule has 3 aliphatic heterocycles. The van der Waals surface area contributed by atoms with Gasteiger partial charge in [0.2, 0.25) is 11.8 Å². The Morgan fingerprint density at radius 2 is 1.85 bits per heavy atom. The molecule has 2 aromatic heterocycles. The average molecular weight is 674 g/mol. The minimum Gasteiger partial charge on any atom is -0.444 e. The Morgan fingerprint density at radius 1 is 1.11 bits per heavy atom. The smallest absolute Gasteiger partial charge is 0.416 e. The third kappa shape index (κ3) is 6.34. The van der Waals surface area contributed by atoms with Crippen LogP contribution in [0.4, 0.5) is 35.2 Å². The van der Waals surface area contributed by atoms with Crippen molar-refractivity contribution in [2.24, 2.45) is 5.92 Å². The number of carbonyl (C=O) groups excluding carboxylic acids is 3. The molecular formula is C32H35ClF3N7O4. The number of benzene rings is 1. The number of hydrogen-bond donors (Lipinski definition) is 0. The van der Waals surface area contributed by atoms with Crippen LogP contribution in [0.2, 0.25) is 5.02 Å². The molecule has 0 bridgehead atoms. The number of fused-ring (bicyclic) bond motifs is 3. The number of amides is 3. The number of aromatic nitrogens is 3. The summed E-state index contributed by atoms with van der Waals surface area (Å²) in [6.07, 6.45) is -3.25. The van der Waals surface area contributed by atoms with Gasteiger partial charge in [-0.25, -0.2) is 14.8 Å². The molecule has 3 aromatic rings. The van der Waals surface area contributed by atoms with Gasteiger partial charge < -0.3 is 19.1 Å². The van der Waals surface area contributed by atoms with Crippen LogP contribution in [-0.2, 0) is 40.1 Å². The summed E-state index contributed by atoms with van der Waals surface area (Å²) in [6.45, 7) is 8.53. The monoisotopic (exact) mass is 673 g/mol. The Bertz CT molecular complexity index is 1750. The largest absolute Gasteiger partial charge is 0.444 e. The first-order valence-corrected chi connectivity index (χ1v) is 15.6. The number of rotatable bonds is 3. The van der Waals surface area contributed by atoms with Crippen molar-refractivity contribution < 1.29 is 32.3 Å². The van der Waals surface area contributed by atoms with E-state index in [1.54, 1.807) is 30.1 Å². The van der Waals surface area contributed by atoms with Gasteiger partial charge in [-0.1, -0.05) is 17.7 Å². The van der Waals surface area contributed by atoms with E-state index in [0.29, 0.717) is 41.0 Å². The molecule has 250 valence electrons. The van der Waals surface area contributed by atoms with E-state index in [4.69, 9.17) is 21.3 Å². The number of nitrogens with zero attached hydrogens (tertiary/aromatic N) is 7.